The number of H-pyrrole nitrogens is 1. The molecule has 1 N–H and O–H groups in total. The van der Waals surface area contributed by atoms with Gasteiger partial charge >= 0.3 is 0 Å². The summed E-state index contributed by atoms with van der Waals surface area (Å²) in [5, 5.41) is 0. The third-order valence-corrected chi connectivity index (χ3v) is 4.23. The highest BCUT2D eigenvalue weighted by atomic mass is 14.9. The van der Waals surface area contributed by atoms with Gasteiger partial charge in [-0.3, -0.25) is 0 Å². The average Bonchev–Trinajstić information content (AvgIpc) is 2.93. The molecule has 1 aromatic heterocycles. The zero-order valence-corrected chi connectivity index (χ0v) is 11.4. The molecule has 0 aliphatic heterocycles. The first-order valence-corrected chi connectivity index (χ1v) is 7.18. The molecule has 0 radical (unpaired) electrons. The van der Waals surface area contributed by atoms with Crippen molar-refractivity contribution in [1.82, 2.24) is 9.97 Å². The molecule has 0 saturated heterocycles. The highest BCUT2D eigenvalue weighted by Crippen LogP contribution is 2.28. The van der Waals surface area contributed by atoms with Crippen LogP contribution in [0.2, 0.25) is 0 Å². The van der Waals surface area contributed by atoms with Crippen LogP contribution in [0.25, 0.3) is 11.0 Å². The summed E-state index contributed by atoms with van der Waals surface area (Å²) in [4.78, 5) is 8.25. The van der Waals surface area contributed by atoms with Crippen molar-refractivity contribution < 1.29 is 0 Å². The molecule has 1 aliphatic rings. The van der Waals surface area contributed by atoms with Gasteiger partial charge in [-0.2, -0.15) is 0 Å². The molecule has 3 rings (SSSR count). The molecule has 1 heterocycles. The van der Waals surface area contributed by atoms with E-state index in [9.17, 15) is 0 Å². The molecule has 2 heteroatoms. The molecule has 0 bridgehead atoms. The number of nitrogens with zero attached hydrogens (tertiary/aromatic N) is 1. The van der Waals surface area contributed by atoms with Crippen LogP contribution in [0.4, 0.5) is 0 Å². The number of benzene rings is 1. The van der Waals surface area contributed by atoms with Crippen LogP contribution in [0, 0.1) is 19.8 Å². The number of nitrogens with one attached hydrogen (secondary N) is 1. The Bertz CT molecular complexity index is 547. The monoisotopic (exact) mass is 242 g/mol. The Labute approximate surface area is 109 Å². The fraction of sp³-hybridized carbons (Fsp3) is 0.562. The van der Waals surface area contributed by atoms with E-state index >= 15 is 0 Å². The number of hydrogen-bond acceptors (Lipinski definition) is 1. The minimum atomic E-state index is 0.945. The van der Waals surface area contributed by atoms with Gasteiger partial charge in [-0.15, -0.1) is 0 Å². The zero-order valence-electron chi connectivity index (χ0n) is 11.4. The predicted octanol–water partition coefficient (Wildman–Crippen LogP) is 4.30. The first kappa shape index (κ1) is 11.8. The largest absolute Gasteiger partial charge is 0.342 e. The molecule has 18 heavy (non-hydrogen) atoms. The molecule has 2 aromatic rings. The second-order valence-electron chi connectivity index (χ2n) is 5.85. The van der Waals surface area contributed by atoms with E-state index in [-0.39, 0.29) is 0 Å². The predicted molar refractivity (Wildman–Crippen MR) is 75.8 cm³/mol. The van der Waals surface area contributed by atoms with Crippen molar-refractivity contribution in [3.8, 4) is 0 Å². The molecular weight excluding hydrogens is 220 g/mol. The number of aromatic nitrogens is 2. The maximum absolute atomic E-state index is 4.76. The number of hydrogen-bond donors (Lipinski definition) is 1. The van der Waals surface area contributed by atoms with Gasteiger partial charge < -0.3 is 4.98 Å². The highest BCUT2D eigenvalue weighted by molar-refractivity contribution is 5.79. The van der Waals surface area contributed by atoms with Crippen LogP contribution in [0.5, 0.6) is 0 Å². The summed E-state index contributed by atoms with van der Waals surface area (Å²) in [6.45, 7) is 4.29. The first-order valence-electron chi connectivity index (χ1n) is 7.18. The Kier molecular flexibility index (Phi) is 3.11. The van der Waals surface area contributed by atoms with Gasteiger partial charge in [-0.05, 0) is 43.4 Å². The maximum atomic E-state index is 4.76. The summed E-state index contributed by atoms with van der Waals surface area (Å²) in [7, 11) is 0. The van der Waals surface area contributed by atoms with Crippen LogP contribution >= 0.6 is 0 Å². The van der Waals surface area contributed by atoms with E-state index in [2.05, 4.69) is 31.0 Å². The van der Waals surface area contributed by atoms with Crippen LogP contribution < -0.4 is 0 Å². The smallest absolute Gasteiger partial charge is 0.107 e. The van der Waals surface area contributed by atoms with Crippen molar-refractivity contribution in [2.45, 2.75) is 52.4 Å². The lowest BCUT2D eigenvalue weighted by molar-refractivity contribution is 0.498. The van der Waals surface area contributed by atoms with E-state index in [0.717, 1.165) is 17.9 Å². The van der Waals surface area contributed by atoms with Crippen molar-refractivity contribution in [3.05, 3.63) is 29.1 Å². The Hall–Kier alpha value is -1.31. The molecule has 96 valence electrons. The lowest BCUT2D eigenvalue weighted by atomic mass is 10.0. The van der Waals surface area contributed by atoms with E-state index in [0.29, 0.717) is 0 Å². The van der Waals surface area contributed by atoms with Gasteiger partial charge in [0.05, 0.1) is 11.0 Å². The van der Waals surface area contributed by atoms with Gasteiger partial charge in [0.1, 0.15) is 5.82 Å². The lowest BCUT2D eigenvalue weighted by Crippen LogP contribution is -1.97. The SMILES string of the molecule is Cc1cc(C)c2nc(CCC3CCCC3)[nH]c2c1. The topological polar surface area (TPSA) is 28.7 Å². The Balaban J connectivity index is 1.78. The van der Waals surface area contributed by atoms with E-state index in [4.69, 9.17) is 4.98 Å². The molecule has 0 unspecified atom stereocenters. The van der Waals surface area contributed by atoms with Crippen molar-refractivity contribution >= 4 is 11.0 Å². The molecule has 0 amide bonds. The van der Waals surface area contributed by atoms with Crippen LogP contribution in [0.1, 0.15) is 49.1 Å². The van der Waals surface area contributed by atoms with Crippen molar-refractivity contribution in [3.63, 3.8) is 0 Å². The maximum Gasteiger partial charge on any atom is 0.107 e. The summed E-state index contributed by atoms with van der Waals surface area (Å²) in [5.41, 5.74) is 4.95. The summed E-state index contributed by atoms with van der Waals surface area (Å²) in [6, 6.07) is 4.42. The molecule has 0 atom stereocenters. The van der Waals surface area contributed by atoms with Crippen molar-refractivity contribution in [2.24, 2.45) is 5.92 Å². The fourth-order valence-corrected chi connectivity index (χ4v) is 3.28. The summed E-state index contributed by atoms with van der Waals surface area (Å²) in [5.74, 6) is 2.12. The lowest BCUT2D eigenvalue weighted by Gasteiger charge is -2.05. The third kappa shape index (κ3) is 2.29. The Morgan fingerprint density at radius 1 is 1.22 bits per heavy atom. The molecule has 1 fully saturated rings. The van der Waals surface area contributed by atoms with Gasteiger partial charge in [0, 0.05) is 6.42 Å². The van der Waals surface area contributed by atoms with Gasteiger partial charge in [-0.25, -0.2) is 4.98 Å². The molecule has 2 nitrogen and oxygen atoms in total. The van der Waals surface area contributed by atoms with Crippen molar-refractivity contribution in [1.29, 1.82) is 0 Å². The summed E-state index contributed by atoms with van der Waals surface area (Å²) < 4.78 is 0. The molecular formula is C16H22N2. The Morgan fingerprint density at radius 2 is 2.00 bits per heavy atom. The highest BCUT2D eigenvalue weighted by Gasteiger charge is 2.15. The average molecular weight is 242 g/mol. The quantitative estimate of drug-likeness (QED) is 0.854. The molecule has 1 aromatic carbocycles. The van der Waals surface area contributed by atoms with Gasteiger partial charge in [0.15, 0.2) is 0 Å². The van der Waals surface area contributed by atoms with Gasteiger partial charge in [-0.1, -0.05) is 31.7 Å². The number of imidazole rings is 1. The fourth-order valence-electron chi connectivity index (χ4n) is 3.28. The van der Waals surface area contributed by atoms with Crippen LogP contribution in [0.3, 0.4) is 0 Å². The van der Waals surface area contributed by atoms with Gasteiger partial charge in [0.2, 0.25) is 0 Å². The number of rotatable bonds is 3. The van der Waals surface area contributed by atoms with E-state index < -0.39 is 0 Å². The minimum absolute atomic E-state index is 0.945. The summed E-state index contributed by atoms with van der Waals surface area (Å²) >= 11 is 0. The minimum Gasteiger partial charge on any atom is -0.342 e. The second-order valence-corrected chi connectivity index (χ2v) is 5.85. The van der Waals surface area contributed by atoms with Crippen LogP contribution in [-0.4, -0.2) is 9.97 Å². The molecule has 1 aliphatic carbocycles. The zero-order chi connectivity index (χ0) is 12.5. The van der Waals surface area contributed by atoms with Crippen molar-refractivity contribution in [2.75, 3.05) is 0 Å². The van der Waals surface area contributed by atoms with E-state index in [1.54, 1.807) is 0 Å². The van der Waals surface area contributed by atoms with E-state index in [1.165, 1.54) is 54.6 Å². The second kappa shape index (κ2) is 4.75. The summed E-state index contributed by atoms with van der Waals surface area (Å²) in [6.07, 6.45) is 8.14. The molecule has 0 spiro atoms. The van der Waals surface area contributed by atoms with Gasteiger partial charge in [0.25, 0.3) is 0 Å². The Morgan fingerprint density at radius 3 is 2.78 bits per heavy atom. The van der Waals surface area contributed by atoms with Crippen LogP contribution in [-0.2, 0) is 6.42 Å². The molecule has 1 saturated carbocycles. The number of fused-ring (bicyclic) bond motifs is 1. The standard InChI is InChI=1S/C16H22N2/c1-11-9-12(2)16-14(10-11)17-15(18-16)8-7-13-5-3-4-6-13/h9-10,13H,3-8H2,1-2H3,(H,17,18). The first-order chi connectivity index (χ1) is 8.72. The third-order valence-electron chi connectivity index (χ3n) is 4.23. The normalized spacial score (nSPS) is 16.8. The number of aromatic amines is 1. The van der Waals surface area contributed by atoms with Crippen LogP contribution in [0.15, 0.2) is 12.1 Å². The van der Waals surface area contributed by atoms with E-state index in [1.807, 2.05) is 0 Å². The number of aryl methyl sites for hydroxylation is 3.